The molecule has 0 aliphatic carbocycles. The monoisotopic (exact) mass is 557 g/mol. The van der Waals surface area contributed by atoms with Crippen LogP contribution >= 0.6 is 0 Å². The molecular formula is C30H40FN3O6. The van der Waals surface area contributed by atoms with Crippen LogP contribution < -0.4 is 19.1 Å². The van der Waals surface area contributed by atoms with Gasteiger partial charge in [-0.15, -0.1) is 0 Å². The minimum absolute atomic E-state index is 0.0159. The number of ketones is 1. The van der Waals surface area contributed by atoms with Gasteiger partial charge < -0.3 is 33.9 Å². The maximum absolute atomic E-state index is 15.5. The van der Waals surface area contributed by atoms with E-state index in [1.807, 2.05) is 31.7 Å². The van der Waals surface area contributed by atoms with E-state index in [1.165, 1.54) is 0 Å². The van der Waals surface area contributed by atoms with Crippen molar-refractivity contribution >= 4 is 17.3 Å². The van der Waals surface area contributed by atoms with E-state index in [-0.39, 0.29) is 54.1 Å². The number of carbonyl (C=O) groups excluding carboxylic acids is 1. The van der Waals surface area contributed by atoms with Crippen molar-refractivity contribution < 1.29 is 33.2 Å². The Morgan fingerprint density at radius 2 is 1.80 bits per heavy atom. The second-order valence-corrected chi connectivity index (χ2v) is 11.1. The summed E-state index contributed by atoms with van der Waals surface area (Å²) in [4.78, 5) is 17.3. The summed E-state index contributed by atoms with van der Waals surface area (Å²) in [6.45, 7) is 11.2. The van der Waals surface area contributed by atoms with E-state index in [9.17, 15) is 9.90 Å². The summed E-state index contributed by atoms with van der Waals surface area (Å²) in [5.41, 5.74) is 2.35. The van der Waals surface area contributed by atoms with E-state index in [4.69, 9.17) is 24.4 Å². The number of carbonyl (C=O) groups is 1. The van der Waals surface area contributed by atoms with Crippen molar-refractivity contribution in [3.8, 4) is 17.2 Å². The maximum atomic E-state index is 15.5. The predicted octanol–water partition coefficient (Wildman–Crippen LogP) is 4.15. The van der Waals surface area contributed by atoms with E-state index in [0.29, 0.717) is 48.0 Å². The summed E-state index contributed by atoms with van der Waals surface area (Å²) < 4.78 is 37.9. The van der Waals surface area contributed by atoms with Crippen molar-refractivity contribution in [1.29, 1.82) is 5.41 Å². The number of β-amino-alcohol motifs (C(OH)–C–C–N with tert-alkyl or cyclic N) is 1. The van der Waals surface area contributed by atoms with Crippen LogP contribution in [0.2, 0.25) is 0 Å². The number of anilines is 1. The van der Waals surface area contributed by atoms with Crippen molar-refractivity contribution in [2.24, 2.45) is 0 Å². The van der Waals surface area contributed by atoms with Crippen molar-refractivity contribution in [2.75, 3.05) is 52.0 Å². The van der Waals surface area contributed by atoms with Gasteiger partial charge in [0.2, 0.25) is 0 Å². The van der Waals surface area contributed by atoms with Gasteiger partial charge in [0.05, 0.1) is 44.2 Å². The summed E-state index contributed by atoms with van der Waals surface area (Å²) in [5, 5.41) is 19.2. The number of Topliss-reactive ketones (excluding diaryl/α,β-unsaturated/α-hetero) is 1. The zero-order valence-corrected chi connectivity index (χ0v) is 24.4. The van der Waals surface area contributed by atoms with Crippen LogP contribution in [-0.4, -0.2) is 80.9 Å². The quantitative estimate of drug-likeness (QED) is 0.420. The van der Waals surface area contributed by atoms with Crippen LogP contribution in [-0.2, 0) is 16.7 Å². The normalized spacial score (nSPS) is 18.8. The summed E-state index contributed by atoms with van der Waals surface area (Å²) >= 11 is 0. The largest absolute Gasteiger partial charge is 0.494 e. The molecule has 2 aliphatic rings. The van der Waals surface area contributed by atoms with E-state index >= 15 is 4.39 Å². The second kappa shape index (κ2) is 11.6. The molecular weight excluding hydrogens is 517 g/mol. The smallest absolute Gasteiger partial charge is 0.197 e. The number of nitrogens with zero attached hydrogens (tertiary/aromatic N) is 2. The number of benzene rings is 2. The van der Waals surface area contributed by atoms with Crippen molar-refractivity contribution in [3.63, 3.8) is 0 Å². The van der Waals surface area contributed by atoms with E-state index in [0.717, 1.165) is 5.56 Å². The molecule has 0 saturated carbocycles. The Morgan fingerprint density at radius 1 is 1.10 bits per heavy atom. The highest BCUT2D eigenvalue weighted by Crippen LogP contribution is 2.42. The first-order valence-electron chi connectivity index (χ1n) is 13.6. The number of amidine groups is 1. The van der Waals surface area contributed by atoms with Crippen molar-refractivity contribution in [1.82, 2.24) is 4.90 Å². The fraction of sp³-hybridized carbons (Fsp3) is 0.533. The number of hydrogen-bond acceptors (Lipinski definition) is 8. The number of hydrogen-bond donors (Lipinski definition) is 2. The molecule has 0 amide bonds. The van der Waals surface area contributed by atoms with Crippen LogP contribution in [0, 0.1) is 11.2 Å². The van der Waals surface area contributed by atoms with Gasteiger partial charge in [0.15, 0.2) is 23.1 Å². The standard InChI is InChI=1S/C30H40FN3O6/c1-8-39-23-12-18-13-34(29(32)25(18)26(31)28(23)40-9-2)14-21(35)17-10-19(30(3,4)5)27(38-7)20(11-17)33-15-22(36)24(16-33)37-6/h10-12,22,24,32,36H,8-9,13-16H2,1-7H3. The van der Waals surface area contributed by atoms with Crippen LogP contribution in [0.5, 0.6) is 17.2 Å². The highest BCUT2D eigenvalue weighted by atomic mass is 19.1. The Hall–Kier alpha value is -3.37. The molecule has 9 nitrogen and oxygen atoms in total. The van der Waals surface area contributed by atoms with Gasteiger partial charge in [-0.05, 0) is 43.0 Å². The molecule has 0 bridgehead atoms. The third-order valence-corrected chi connectivity index (χ3v) is 7.39. The third-order valence-electron chi connectivity index (χ3n) is 7.39. The highest BCUT2D eigenvalue weighted by Gasteiger charge is 2.36. The SMILES string of the molecule is CCOc1cc2c(c(F)c1OCC)C(=N)N(CC(=O)c1cc(N3CC(O)C(OC)C3)c(OC)c(C(C)(C)C)c1)C2. The van der Waals surface area contributed by atoms with Gasteiger partial charge in [-0.2, -0.15) is 0 Å². The molecule has 2 aromatic rings. The van der Waals surface area contributed by atoms with Crippen LogP contribution in [0.1, 0.15) is 61.7 Å². The van der Waals surface area contributed by atoms with Crippen LogP contribution in [0.3, 0.4) is 0 Å². The van der Waals surface area contributed by atoms with Crippen LogP contribution in [0.15, 0.2) is 18.2 Å². The molecule has 2 N–H and O–H groups in total. The minimum Gasteiger partial charge on any atom is -0.494 e. The lowest BCUT2D eigenvalue weighted by Gasteiger charge is -2.29. The first-order valence-corrected chi connectivity index (χ1v) is 13.6. The van der Waals surface area contributed by atoms with Crippen LogP contribution in [0.4, 0.5) is 10.1 Å². The first-order chi connectivity index (χ1) is 18.9. The molecule has 2 heterocycles. The molecule has 2 aliphatic heterocycles. The van der Waals surface area contributed by atoms with Gasteiger partial charge in [-0.25, -0.2) is 4.39 Å². The molecule has 0 radical (unpaired) electrons. The molecule has 1 saturated heterocycles. The first kappa shape index (κ1) is 29.6. The predicted molar refractivity (Wildman–Crippen MR) is 151 cm³/mol. The lowest BCUT2D eigenvalue weighted by Crippen LogP contribution is -2.31. The van der Waals surface area contributed by atoms with E-state index < -0.39 is 11.9 Å². The zero-order valence-electron chi connectivity index (χ0n) is 24.4. The van der Waals surface area contributed by atoms with Gasteiger partial charge in [0, 0.05) is 37.9 Å². The molecule has 218 valence electrons. The zero-order chi connectivity index (χ0) is 29.4. The van der Waals surface area contributed by atoms with Gasteiger partial charge in [-0.3, -0.25) is 10.2 Å². The molecule has 0 spiro atoms. The molecule has 4 rings (SSSR count). The number of ether oxygens (including phenoxy) is 4. The van der Waals surface area contributed by atoms with Crippen LogP contribution in [0.25, 0.3) is 0 Å². The fourth-order valence-corrected chi connectivity index (χ4v) is 5.39. The van der Waals surface area contributed by atoms with Gasteiger partial charge in [0.1, 0.15) is 17.7 Å². The van der Waals surface area contributed by atoms with E-state index in [1.54, 1.807) is 45.1 Å². The molecule has 0 aromatic heterocycles. The van der Waals surface area contributed by atoms with Crippen molar-refractivity contribution in [3.05, 3.63) is 46.3 Å². The molecule has 2 unspecified atom stereocenters. The van der Waals surface area contributed by atoms with Gasteiger partial charge >= 0.3 is 0 Å². The summed E-state index contributed by atoms with van der Waals surface area (Å²) in [5.74, 6) is -0.0186. The molecule has 1 fully saturated rings. The number of aliphatic hydroxyl groups is 1. The van der Waals surface area contributed by atoms with E-state index in [2.05, 4.69) is 0 Å². The van der Waals surface area contributed by atoms with Gasteiger partial charge in [0.25, 0.3) is 0 Å². The average molecular weight is 558 g/mol. The lowest BCUT2D eigenvalue weighted by atomic mass is 9.84. The van der Waals surface area contributed by atoms with Gasteiger partial charge in [-0.1, -0.05) is 20.8 Å². The Morgan fingerprint density at radius 3 is 2.38 bits per heavy atom. The Kier molecular flexibility index (Phi) is 8.60. The Bertz CT molecular complexity index is 1290. The second-order valence-electron chi connectivity index (χ2n) is 11.1. The number of nitrogens with one attached hydrogen (secondary N) is 1. The summed E-state index contributed by atoms with van der Waals surface area (Å²) in [6.07, 6.45) is -1.03. The minimum atomic E-state index is -0.672. The number of halogens is 1. The average Bonchev–Trinajstić information content (AvgIpc) is 3.43. The topological polar surface area (TPSA) is 105 Å². The Balaban J connectivity index is 1.68. The summed E-state index contributed by atoms with van der Waals surface area (Å²) in [7, 11) is 3.16. The number of methoxy groups -OCH3 is 2. The maximum Gasteiger partial charge on any atom is 0.197 e. The Labute approximate surface area is 235 Å². The molecule has 40 heavy (non-hydrogen) atoms. The van der Waals surface area contributed by atoms with Crippen molar-refractivity contribution in [2.45, 2.75) is 58.8 Å². The fourth-order valence-electron chi connectivity index (χ4n) is 5.39. The number of aliphatic hydroxyl groups excluding tert-OH is 1. The number of fused-ring (bicyclic) bond motifs is 1. The lowest BCUT2D eigenvalue weighted by molar-refractivity contribution is 0.0217. The molecule has 2 aromatic carbocycles. The molecule has 2 atom stereocenters. The molecule has 10 heteroatoms. The summed E-state index contributed by atoms with van der Waals surface area (Å²) in [6, 6.07) is 5.30. The third kappa shape index (κ3) is 5.47. The number of rotatable bonds is 10. The highest BCUT2D eigenvalue weighted by molar-refractivity contribution is 6.06.